The number of rotatable bonds is 11. The van der Waals surface area contributed by atoms with Crippen LogP contribution in [-0.4, -0.2) is 72.0 Å². The Kier molecular flexibility index (Phi) is 10.00. The molecule has 3 aromatic heterocycles. The molecule has 1 N–H and O–H groups in total. The summed E-state index contributed by atoms with van der Waals surface area (Å²) in [6.07, 6.45) is 8.51. The van der Waals surface area contributed by atoms with Gasteiger partial charge in [-0.2, -0.15) is 9.50 Å². The Morgan fingerprint density at radius 2 is 1.72 bits per heavy atom. The smallest absolute Gasteiger partial charge is 0.310 e. The maximum atomic E-state index is 14.5. The topological polar surface area (TPSA) is 140 Å². The van der Waals surface area contributed by atoms with E-state index in [0.29, 0.717) is 35.1 Å². The zero-order valence-corrected chi connectivity index (χ0v) is 34.2. The van der Waals surface area contributed by atoms with Crippen LogP contribution in [0.5, 0.6) is 5.75 Å². The highest BCUT2D eigenvalue weighted by molar-refractivity contribution is 8.45. The van der Waals surface area contributed by atoms with Crippen LogP contribution in [0.25, 0.3) is 11.4 Å². The third-order valence-electron chi connectivity index (χ3n) is 11.4. The number of anilines is 2. The van der Waals surface area contributed by atoms with E-state index in [0.717, 1.165) is 41.3 Å². The molecular formula is C40H41ClF5N9O4S. The van der Waals surface area contributed by atoms with E-state index >= 15 is 0 Å². The standard InChI is InChI=1S/C40H41ClF5N9O4S/c1-3-31-34(52-17-19-53(20-18-52)37(57)33-35(25(2)47-24-48-33)59-23-26-7-5-4-6-8-26)38(58)55-39(50-36(51-55)27-11-13-40(14-12-27)15-16-40)54(31)22-32(56)49-30-10-9-28(21-29(30)41)60(42,43,44,45)46/h4-11,21,24H,3,12-20,22-23H2,1-2H3,(H,49,56). The molecule has 8 rings (SSSR count). The van der Waals surface area contributed by atoms with Gasteiger partial charge in [0.25, 0.3) is 11.5 Å². The first kappa shape index (κ1) is 41.2. The Balaban J connectivity index is 1.09. The van der Waals surface area contributed by atoms with Gasteiger partial charge in [0.1, 0.15) is 30.1 Å². The zero-order valence-electron chi connectivity index (χ0n) is 32.6. The molecule has 318 valence electrons. The molecule has 1 saturated carbocycles. The summed E-state index contributed by atoms with van der Waals surface area (Å²) in [7, 11) is -10.0. The predicted molar refractivity (Wildman–Crippen MR) is 217 cm³/mol. The number of allylic oxidation sites excluding steroid dienone is 2. The Bertz CT molecular complexity index is 2630. The minimum atomic E-state index is -10.0. The van der Waals surface area contributed by atoms with Gasteiger partial charge in [0.05, 0.1) is 22.1 Å². The average Bonchev–Trinajstić information content (AvgIpc) is 3.81. The van der Waals surface area contributed by atoms with Gasteiger partial charge in [-0.15, -0.1) is 5.10 Å². The molecule has 13 nitrogen and oxygen atoms in total. The highest BCUT2D eigenvalue weighted by Crippen LogP contribution is 3.02. The van der Waals surface area contributed by atoms with Crippen molar-refractivity contribution in [3.05, 3.63) is 105 Å². The summed E-state index contributed by atoms with van der Waals surface area (Å²) >= 11 is 5.99. The minimum Gasteiger partial charge on any atom is -0.485 e. The lowest BCUT2D eigenvalue weighted by Crippen LogP contribution is -2.51. The van der Waals surface area contributed by atoms with E-state index in [-0.39, 0.29) is 85.8 Å². The number of aromatic nitrogens is 6. The van der Waals surface area contributed by atoms with E-state index in [1.807, 2.05) is 35.2 Å². The normalized spacial score (nSPS) is 17.6. The Hall–Kier alpha value is -5.56. The molecule has 0 radical (unpaired) electrons. The maximum Gasteiger partial charge on any atom is 0.310 e. The van der Waals surface area contributed by atoms with Crippen LogP contribution in [0.3, 0.4) is 0 Å². The van der Waals surface area contributed by atoms with E-state index in [1.54, 1.807) is 18.7 Å². The zero-order chi connectivity index (χ0) is 42.7. The molecule has 2 fully saturated rings. The van der Waals surface area contributed by atoms with Crippen molar-refractivity contribution in [2.45, 2.75) is 70.4 Å². The molecule has 5 aromatic rings. The van der Waals surface area contributed by atoms with Gasteiger partial charge in [0.15, 0.2) is 17.3 Å². The molecule has 60 heavy (non-hydrogen) atoms. The number of hydrogen-bond donors (Lipinski definition) is 1. The number of carbonyl (C=O) groups is 2. The van der Waals surface area contributed by atoms with E-state index in [1.165, 1.54) is 10.9 Å². The fourth-order valence-electron chi connectivity index (χ4n) is 7.81. The molecule has 20 heteroatoms. The number of piperazine rings is 1. The molecule has 1 saturated heterocycles. The predicted octanol–water partition coefficient (Wildman–Crippen LogP) is 8.39. The molecule has 0 bridgehead atoms. The summed E-state index contributed by atoms with van der Waals surface area (Å²) in [4.78, 5) is 56.6. The second kappa shape index (κ2) is 14.6. The maximum absolute atomic E-state index is 14.5. The summed E-state index contributed by atoms with van der Waals surface area (Å²) in [5, 5.41) is 6.33. The molecule has 2 amide bonds. The molecule has 3 aliphatic rings. The highest BCUT2D eigenvalue weighted by atomic mass is 35.5. The fourth-order valence-corrected chi connectivity index (χ4v) is 8.77. The Morgan fingerprint density at radius 1 is 0.983 bits per heavy atom. The number of halogens is 6. The van der Waals surface area contributed by atoms with E-state index < -0.39 is 38.2 Å². The largest absolute Gasteiger partial charge is 0.485 e. The number of aryl methyl sites for hydroxylation is 1. The molecule has 2 aromatic carbocycles. The Labute approximate surface area is 345 Å². The molecule has 1 spiro atoms. The summed E-state index contributed by atoms with van der Waals surface area (Å²) < 4.78 is 76.1. The molecule has 0 atom stereocenters. The molecule has 2 aliphatic carbocycles. The summed E-state index contributed by atoms with van der Waals surface area (Å²) in [6.45, 7) is 4.08. The first-order valence-corrected chi connectivity index (χ1v) is 21.7. The van der Waals surface area contributed by atoms with Crippen LogP contribution in [0.1, 0.15) is 72.3 Å². The lowest BCUT2D eigenvalue weighted by Gasteiger charge is -2.40. The monoisotopic (exact) mass is 873 g/mol. The lowest BCUT2D eigenvalue weighted by molar-refractivity contribution is -0.116. The second-order valence-electron chi connectivity index (χ2n) is 15.5. The third-order valence-corrected chi connectivity index (χ3v) is 12.8. The average molecular weight is 874 g/mol. The highest BCUT2D eigenvalue weighted by Gasteiger charge is 2.65. The van der Waals surface area contributed by atoms with Crippen LogP contribution in [0, 0.1) is 12.3 Å². The molecule has 4 heterocycles. The first-order valence-electron chi connectivity index (χ1n) is 19.4. The SMILES string of the molecule is CCc1c(N2CCN(C(=O)c3ncnc(C)c3OCc3ccccc3)CC2)c(=O)n2nc(C3=CCC4(CC3)CC4)nc2n1CC(=O)Nc1ccc(S(F)(F)(F)(F)F)cc1Cl. The van der Waals surface area contributed by atoms with Crippen molar-refractivity contribution in [1.29, 1.82) is 0 Å². The quantitative estimate of drug-likeness (QED) is 0.130. The van der Waals surface area contributed by atoms with Crippen LogP contribution in [0.15, 0.2) is 70.6 Å². The molecular weight excluding hydrogens is 833 g/mol. The first-order chi connectivity index (χ1) is 28.3. The van der Waals surface area contributed by atoms with Gasteiger partial charge in [-0.25, -0.2) is 9.97 Å². The molecule has 0 unspecified atom stereocenters. The van der Waals surface area contributed by atoms with Gasteiger partial charge in [0, 0.05) is 26.2 Å². The third kappa shape index (κ3) is 8.28. The second-order valence-corrected chi connectivity index (χ2v) is 18.3. The number of nitrogens with zero attached hydrogens (tertiary/aromatic N) is 8. The number of amides is 2. The van der Waals surface area contributed by atoms with E-state index in [9.17, 15) is 33.8 Å². The summed E-state index contributed by atoms with van der Waals surface area (Å²) in [6, 6.07) is 10.4. The van der Waals surface area contributed by atoms with Gasteiger partial charge < -0.3 is 24.4 Å². The number of benzene rings is 2. The Morgan fingerprint density at radius 3 is 2.35 bits per heavy atom. The number of hydrogen-bond acceptors (Lipinski definition) is 9. The van der Waals surface area contributed by atoms with E-state index in [4.69, 9.17) is 21.3 Å². The van der Waals surface area contributed by atoms with Crippen molar-refractivity contribution >= 4 is 56.4 Å². The van der Waals surface area contributed by atoms with Gasteiger partial charge in [-0.3, -0.25) is 14.4 Å². The minimum absolute atomic E-state index is 0.0664. The van der Waals surface area contributed by atoms with Crippen molar-refractivity contribution in [2.24, 2.45) is 5.41 Å². The molecule has 1 aliphatic heterocycles. The lowest BCUT2D eigenvalue weighted by atomic mass is 9.87. The summed E-state index contributed by atoms with van der Waals surface area (Å²) in [5.41, 5.74) is 2.55. The van der Waals surface area contributed by atoms with Crippen LogP contribution >= 0.6 is 21.8 Å². The summed E-state index contributed by atoms with van der Waals surface area (Å²) in [5.74, 6) is -0.470. The van der Waals surface area contributed by atoms with Crippen molar-refractivity contribution < 1.29 is 33.8 Å². The number of carbonyl (C=O) groups excluding carboxylic acids is 2. The van der Waals surface area contributed by atoms with Crippen molar-refractivity contribution in [2.75, 3.05) is 36.4 Å². The fraction of sp³-hybridized carbons (Fsp3) is 0.375. The van der Waals surface area contributed by atoms with Crippen LogP contribution in [-0.2, 0) is 24.4 Å². The van der Waals surface area contributed by atoms with Gasteiger partial charge in [0.2, 0.25) is 11.7 Å². The van der Waals surface area contributed by atoms with Gasteiger partial charge >= 0.3 is 10.2 Å². The van der Waals surface area contributed by atoms with Crippen molar-refractivity contribution in [3.63, 3.8) is 0 Å². The van der Waals surface area contributed by atoms with E-state index in [2.05, 4.69) is 26.5 Å². The number of fused-ring (bicyclic) bond motifs is 1. The van der Waals surface area contributed by atoms with Crippen LogP contribution in [0.2, 0.25) is 5.02 Å². The van der Waals surface area contributed by atoms with Crippen molar-refractivity contribution in [1.82, 2.24) is 34.0 Å². The van der Waals surface area contributed by atoms with Crippen LogP contribution < -0.4 is 20.5 Å². The van der Waals surface area contributed by atoms with Crippen molar-refractivity contribution in [3.8, 4) is 5.75 Å². The van der Waals surface area contributed by atoms with Crippen LogP contribution in [0.4, 0.5) is 30.8 Å². The number of ether oxygens (including phenoxy) is 1. The van der Waals surface area contributed by atoms with Gasteiger partial charge in [-0.05, 0) is 80.2 Å². The van der Waals surface area contributed by atoms with Gasteiger partial charge in [-0.1, -0.05) is 74.4 Å². The number of nitrogens with one attached hydrogen (secondary N) is 1.